The first-order chi connectivity index (χ1) is 7.32. The summed E-state index contributed by atoms with van der Waals surface area (Å²) >= 11 is 0. The van der Waals surface area contributed by atoms with Crippen LogP contribution in [0.25, 0.3) is 0 Å². The van der Waals surface area contributed by atoms with E-state index in [4.69, 9.17) is 0 Å². The first-order valence-electron chi connectivity index (χ1n) is 5.46. The quantitative estimate of drug-likeness (QED) is 0.814. The van der Waals surface area contributed by atoms with Crippen LogP contribution in [-0.4, -0.2) is 7.05 Å². The van der Waals surface area contributed by atoms with Crippen LogP contribution in [0.1, 0.15) is 30.9 Å². The van der Waals surface area contributed by atoms with Crippen molar-refractivity contribution in [1.82, 2.24) is 5.32 Å². The van der Waals surface area contributed by atoms with Gasteiger partial charge in [0, 0.05) is 0 Å². The van der Waals surface area contributed by atoms with Gasteiger partial charge in [-0.25, -0.2) is 0 Å². The highest BCUT2D eigenvalue weighted by Crippen LogP contribution is 2.49. The summed E-state index contributed by atoms with van der Waals surface area (Å²) in [4.78, 5) is 0. The van der Waals surface area contributed by atoms with E-state index >= 15 is 0 Å². The lowest BCUT2D eigenvalue weighted by atomic mass is 9.63. The summed E-state index contributed by atoms with van der Waals surface area (Å²) in [6.45, 7) is 0. The van der Waals surface area contributed by atoms with Crippen LogP contribution in [0.4, 0.5) is 0 Å². The molecule has 15 heavy (non-hydrogen) atoms. The first kappa shape index (κ1) is 10.2. The molecule has 0 radical (unpaired) electrons. The molecular formula is C13H16N2. The van der Waals surface area contributed by atoms with Gasteiger partial charge >= 0.3 is 0 Å². The fraction of sp³-hybridized carbons (Fsp3) is 0.462. The van der Waals surface area contributed by atoms with E-state index in [9.17, 15) is 5.26 Å². The number of hydrogen-bond donors (Lipinski definition) is 1. The topological polar surface area (TPSA) is 35.8 Å². The molecule has 0 saturated heterocycles. The minimum Gasteiger partial charge on any atom is -0.312 e. The average molecular weight is 200 g/mol. The maximum Gasteiger partial charge on any atom is 0.0768 e. The lowest BCUT2D eigenvalue weighted by molar-refractivity contribution is 0.149. The van der Waals surface area contributed by atoms with Gasteiger partial charge in [0.15, 0.2) is 0 Å². The maximum absolute atomic E-state index is 9.31. The summed E-state index contributed by atoms with van der Waals surface area (Å²) in [5, 5.41) is 12.6. The number of benzene rings is 1. The maximum atomic E-state index is 9.31. The van der Waals surface area contributed by atoms with Crippen molar-refractivity contribution in [3.8, 4) is 6.07 Å². The van der Waals surface area contributed by atoms with Gasteiger partial charge < -0.3 is 5.32 Å². The summed E-state index contributed by atoms with van der Waals surface area (Å²) in [7, 11) is 1.94. The van der Waals surface area contributed by atoms with Crippen molar-refractivity contribution in [2.24, 2.45) is 5.41 Å². The Bertz CT molecular complexity index is 360. The van der Waals surface area contributed by atoms with Crippen molar-refractivity contribution in [2.45, 2.75) is 25.3 Å². The molecule has 1 aliphatic carbocycles. The number of nitriles is 1. The number of hydrogen-bond acceptors (Lipinski definition) is 2. The highest BCUT2D eigenvalue weighted by molar-refractivity contribution is 5.26. The molecule has 1 aromatic carbocycles. The molecule has 2 rings (SSSR count). The molecule has 2 heteroatoms. The number of rotatable bonds is 3. The molecule has 2 nitrogen and oxygen atoms in total. The first-order valence-corrected chi connectivity index (χ1v) is 5.46. The van der Waals surface area contributed by atoms with Crippen molar-refractivity contribution >= 4 is 0 Å². The van der Waals surface area contributed by atoms with Crippen molar-refractivity contribution in [2.75, 3.05) is 7.05 Å². The van der Waals surface area contributed by atoms with Gasteiger partial charge in [-0.15, -0.1) is 0 Å². The molecule has 0 heterocycles. The number of nitrogens with zero attached hydrogens (tertiary/aromatic N) is 1. The van der Waals surface area contributed by atoms with Crippen LogP contribution in [0, 0.1) is 16.7 Å². The Kier molecular flexibility index (Phi) is 2.75. The predicted octanol–water partition coefficient (Wildman–Crippen LogP) is 2.64. The van der Waals surface area contributed by atoms with Gasteiger partial charge in [-0.2, -0.15) is 5.26 Å². The van der Waals surface area contributed by atoms with E-state index in [2.05, 4.69) is 23.5 Å². The second-order valence-electron chi connectivity index (χ2n) is 4.25. The molecule has 1 unspecified atom stereocenters. The zero-order valence-corrected chi connectivity index (χ0v) is 9.03. The van der Waals surface area contributed by atoms with Gasteiger partial charge in [0.1, 0.15) is 0 Å². The Labute approximate surface area is 90.9 Å². The van der Waals surface area contributed by atoms with Crippen molar-refractivity contribution < 1.29 is 0 Å². The smallest absolute Gasteiger partial charge is 0.0768 e. The summed E-state index contributed by atoms with van der Waals surface area (Å²) in [5.74, 6) is 0. The van der Waals surface area contributed by atoms with E-state index in [1.54, 1.807) is 0 Å². The van der Waals surface area contributed by atoms with E-state index < -0.39 is 0 Å². The van der Waals surface area contributed by atoms with Gasteiger partial charge in [-0.3, -0.25) is 0 Å². The molecule has 0 aliphatic heterocycles. The Morgan fingerprint density at radius 2 is 2.00 bits per heavy atom. The van der Waals surface area contributed by atoms with Gasteiger partial charge in [-0.1, -0.05) is 36.8 Å². The largest absolute Gasteiger partial charge is 0.312 e. The van der Waals surface area contributed by atoms with Gasteiger partial charge in [0.2, 0.25) is 0 Å². The van der Waals surface area contributed by atoms with Gasteiger partial charge in [-0.05, 0) is 25.5 Å². The fourth-order valence-electron chi connectivity index (χ4n) is 2.43. The lowest BCUT2D eigenvalue weighted by Crippen LogP contribution is -2.40. The van der Waals surface area contributed by atoms with Crippen LogP contribution >= 0.6 is 0 Å². The Morgan fingerprint density at radius 3 is 2.40 bits per heavy atom. The van der Waals surface area contributed by atoms with Crippen LogP contribution in [0.2, 0.25) is 0 Å². The molecule has 0 bridgehead atoms. The van der Waals surface area contributed by atoms with Gasteiger partial charge in [0.05, 0.1) is 17.5 Å². The lowest BCUT2D eigenvalue weighted by Gasteiger charge is -2.42. The summed E-state index contributed by atoms with van der Waals surface area (Å²) < 4.78 is 0. The minimum absolute atomic E-state index is 0.171. The van der Waals surface area contributed by atoms with E-state index in [1.165, 1.54) is 12.0 Å². The Hall–Kier alpha value is -1.33. The highest BCUT2D eigenvalue weighted by atomic mass is 14.9. The predicted molar refractivity (Wildman–Crippen MR) is 60.1 cm³/mol. The zero-order chi connectivity index (χ0) is 10.7. The normalized spacial score (nSPS) is 20.0. The summed E-state index contributed by atoms with van der Waals surface area (Å²) in [6.07, 6.45) is 3.21. The van der Waals surface area contributed by atoms with E-state index in [-0.39, 0.29) is 11.5 Å². The minimum atomic E-state index is -0.171. The molecule has 1 fully saturated rings. The van der Waals surface area contributed by atoms with Crippen molar-refractivity contribution in [1.29, 1.82) is 5.26 Å². The van der Waals surface area contributed by atoms with Crippen molar-refractivity contribution in [3.63, 3.8) is 0 Å². The van der Waals surface area contributed by atoms with Crippen LogP contribution in [0.3, 0.4) is 0 Å². The van der Waals surface area contributed by atoms with Crippen LogP contribution in [-0.2, 0) is 0 Å². The third-order valence-corrected chi connectivity index (χ3v) is 3.44. The van der Waals surface area contributed by atoms with Crippen LogP contribution in [0.5, 0.6) is 0 Å². The fourth-order valence-corrected chi connectivity index (χ4v) is 2.43. The zero-order valence-electron chi connectivity index (χ0n) is 9.03. The molecule has 0 spiro atoms. The molecule has 1 aromatic rings. The molecule has 78 valence electrons. The average Bonchev–Trinajstić information content (AvgIpc) is 2.24. The molecule has 1 atom stereocenters. The molecule has 0 aromatic heterocycles. The number of nitrogens with one attached hydrogen (secondary N) is 1. The van der Waals surface area contributed by atoms with Gasteiger partial charge in [0.25, 0.3) is 0 Å². The third kappa shape index (κ3) is 1.64. The van der Waals surface area contributed by atoms with E-state index in [1.807, 2.05) is 25.2 Å². The second-order valence-corrected chi connectivity index (χ2v) is 4.25. The summed E-state index contributed by atoms with van der Waals surface area (Å²) in [6, 6.07) is 12.9. The Morgan fingerprint density at radius 1 is 1.33 bits per heavy atom. The monoisotopic (exact) mass is 200 g/mol. The van der Waals surface area contributed by atoms with Crippen LogP contribution < -0.4 is 5.32 Å². The molecule has 1 aliphatic rings. The molecule has 1 saturated carbocycles. The Balaban J connectivity index is 2.29. The molecular weight excluding hydrogens is 184 g/mol. The molecule has 0 amide bonds. The standard InChI is InChI=1S/C13H16N2/c1-15-12(11-6-3-2-4-7-11)13(10-14)8-5-9-13/h2-4,6-7,12,15H,5,8-9H2,1H3. The highest BCUT2D eigenvalue weighted by Gasteiger charge is 2.44. The second kappa shape index (κ2) is 4.04. The van der Waals surface area contributed by atoms with E-state index in [0.717, 1.165) is 12.8 Å². The SMILES string of the molecule is CNC(c1ccccc1)C1(C#N)CCC1. The van der Waals surface area contributed by atoms with E-state index in [0.29, 0.717) is 0 Å². The molecule has 1 N–H and O–H groups in total. The third-order valence-electron chi connectivity index (χ3n) is 3.44. The van der Waals surface area contributed by atoms with Crippen molar-refractivity contribution in [3.05, 3.63) is 35.9 Å². The van der Waals surface area contributed by atoms with Crippen LogP contribution in [0.15, 0.2) is 30.3 Å². The summed E-state index contributed by atoms with van der Waals surface area (Å²) in [5.41, 5.74) is 1.05.